The van der Waals surface area contributed by atoms with Gasteiger partial charge >= 0.3 is 5.97 Å². The molecule has 0 radical (unpaired) electrons. The molecule has 1 aliphatic carbocycles. The molecule has 2 fully saturated rings. The lowest BCUT2D eigenvalue weighted by atomic mass is 10.0. The van der Waals surface area contributed by atoms with Crippen LogP contribution < -0.4 is 5.32 Å². The highest BCUT2D eigenvalue weighted by atomic mass is 16.5. The van der Waals surface area contributed by atoms with Gasteiger partial charge in [-0.25, -0.2) is 4.79 Å². The number of nitrogens with one attached hydrogen (secondary N) is 1. The maximum absolute atomic E-state index is 12.9. The number of carbonyl (C=O) groups excluding carboxylic acids is 2. The summed E-state index contributed by atoms with van der Waals surface area (Å²) in [5.41, 5.74) is 1.88. The Bertz CT molecular complexity index is 918. The van der Waals surface area contributed by atoms with Crippen molar-refractivity contribution in [3.05, 3.63) is 47.3 Å². The second-order valence-corrected chi connectivity index (χ2v) is 7.27. The van der Waals surface area contributed by atoms with E-state index in [-0.39, 0.29) is 17.7 Å². The molecule has 2 heterocycles. The van der Waals surface area contributed by atoms with Gasteiger partial charge in [0, 0.05) is 23.7 Å². The first-order valence-corrected chi connectivity index (χ1v) is 9.44. The van der Waals surface area contributed by atoms with E-state index < -0.39 is 12.0 Å². The van der Waals surface area contributed by atoms with Crippen molar-refractivity contribution in [1.29, 1.82) is 0 Å². The number of piperidine rings is 1. The number of amides is 2. The van der Waals surface area contributed by atoms with Crippen molar-refractivity contribution in [1.82, 2.24) is 10.1 Å². The van der Waals surface area contributed by atoms with Gasteiger partial charge in [0.25, 0.3) is 11.8 Å². The summed E-state index contributed by atoms with van der Waals surface area (Å²) in [5, 5.41) is 16.1. The number of rotatable bonds is 5. The lowest BCUT2D eigenvalue weighted by Gasteiger charge is -2.33. The maximum Gasteiger partial charge on any atom is 0.326 e. The number of anilines is 1. The zero-order chi connectivity index (χ0) is 19.7. The molecule has 2 aromatic rings. The third-order valence-electron chi connectivity index (χ3n) is 5.22. The normalized spacial score (nSPS) is 19.3. The fourth-order valence-electron chi connectivity index (χ4n) is 3.59. The van der Waals surface area contributed by atoms with Crippen LogP contribution in [-0.2, 0) is 4.79 Å². The highest BCUT2D eigenvalue weighted by Gasteiger charge is 2.33. The van der Waals surface area contributed by atoms with Gasteiger partial charge < -0.3 is 19.8 Å². The monoisotopic (exact) mass is 383 g/mol. The van der Waals surface area contributed by atoms with Crippen LogP contribution in [0.5, 0.6) is 0 Å². The molecule has 146 valence electrons. The summed E-state index contributed by atoms with van der Waals surface area (Å²) in [6, 6.07) is 5.73. The predicted octanol–water partition coefficient (Wildman–Crippen LogP) is 2.88. The molecule has 1 saturated carbocycles. The van der Waals surface area contributed by atoms with Gasteiger partial charge in [0.05, 0.1) is 5.69 Å². The number of hydrogen-bond donors (Lipinski definition) is 2. The van der Waals surface area contributed by atoms with Gasteiger partial charge in [-0.1, -0.05) is 11.2 Å². The van der Waals surface area contributed by atoms with Crippen molar-refractivity contribution in [2.75, 3.05) is 11.9 Å². The van der Waals surface area contributed by atoms with Gasteiger partial charge in [-0.3, -0.25) is 9.59 Å². The molecule has 8 heteroatoms. The van der Waals surface area contributed by atoms with Crippen LogP contribution in [0.3, 0.4) is 0 Å². The number of carbonyl (C=O) groups is 3. The minimum Gasteiger partial charge on any atom is -0.480 e. The Hall–Kier alpha value is -3.16. The van der Waals surface area contributed by atoms with E-state index in [2.05, 4.69) is 10.5 Å². The van der Waals surface area contributed by atoms with Crippen molar-refractivity contribution in [2.45, 2.75) is 44.1 Å². The second kappa shape index (κ2) is 7.46. The third-order valence-corrected chi connectivity index (χ3v) is 5.22. The molecular formula is C20H21N3O5. The van der Waals surface area contributed by atoms with E-state index in [0.717, 1.165) is 25.7 Å². The molecule has 0 bridgehead atoms. The summed E-state index contributed by atoms with van der Waals surface area (Å²) >= 11 is 0. The van der Waals surface area contributed by atoms with Crippen LogP contribution in [0.1, 0.15) is 64.4 Å². The molecule has 0 spiro atoms. The average Bonchev–Trinajstić information content (AvgIpc) is 3.43. The molecule has 1 unspecified atom stereocenters. The number of carboxylic acids is 1. The van der Waals surface area contributed by atoms with Gasteiger partial charge in [-0.05, 0) is 50.3 Å². The molecule has 2 N–H and O–H groups in total. The number of aromatic nitrogens is 1. The molecule has 1 aliphatic heterocycles. The van der Waals surface area contributed by atoms with E-state index in [9.17, 15) is 19.5 Å². The van der Waals surface area contributed by atoms with E-state index >= 15 is 0 Å². The molecule has 1 aromatic heterocycles. The number of carboxylic acid groups (broad SMARTS) is 1. The number of likely N-dealkylation sites (tertiary alicyclic amines) is 1. The van der Waals surface area contributed by atoms with Crippen molar-refractivity contribution in [3.63, 3.8) is 0 Å². The summed E-state index contributed by atoms with van der Waals surface area (Å²) in [6.07, 6.45) is 5.36. The highest BCUT2D eigenvalue weighted by Crippen LogP contribution is 2.40. The Morgan fingerprint density at radius 2 is 2.00 bits per heavy atom. The smallest absolute Gasteiger partial charge is 0.326 e. The van der Waals surface area contributed by atoms with E-state index in [1.54, 1.807) is 24.3 Å². The Kier molecular flexibility index (Phi) is 4.85. The molecule has 2 aliphatic rings. The van der Waals surface area contributed by atoms with Crippen LogP contribution >= 0.6 is 0 Å². The van der Waals surface area contributed by atoms with Crippen LogP contribution in [0, 0.1) is 0 Å². The van der Waals surface area contributed by atoms with Crippen LogP contribution in [0.25, 0.3) is 0 Å². The summed E-state index contributed by atoms with van der Waals surface area (Å²) in [7, 11) is 0. The van der Waals surface area contributed by atoms with Crippen LogP contribution in [0.2, 0.25) is 0 Å². The zero-order valence-electron chi connectivity index (χ0n) is 15.3. The van der Waals surface area contributed by atoms with Crippen molar-refractivity contribution in [3.8, 4) is 0 Å². The molecule has 8 nitrogen and oxygen atoms in total. The standard InChI is InChI=1S/C20H21N3O5/c24-18(15-11-28-22-17(15)12-7-8-12)21-14-5-3-4-13(10-14)19(25)23-9-2-1-6-16(23)20(26)27/h3-5,10-12,16H,1-2,6-9H2,(H,21,24)(H,26,27). The fourth-order valence-corrected chi connectivity index (χ4v) is 3.59. The lowest BCUT2D eigenvalue weighted by molar-refractivity contribution is -0.143. The molecule has 28 heavy (non-hydrogen) atoms. The zero-order valence-corrected chi connectivity index (χ0v) is 15.3. The molecule has 1 aromatic carbocycles. The number of hydrogen-bond acceptors (Lipinski definition) is 5. The van der Waals surface area contributed by atoms with Crippen molar-refractivity contribution >= 4 is 23.5 Å². The number of aliphatic carboxylic acids is 1. The van der Waals surface area contributed by atoms with E-state index in [4.69, 9.17) is 4.52 Å². The molecule has 4 rings (SSSR count). The Balaban J connectivity index is 1.51. The first kappa shape index (κ1) is 18.2. The summed E-state index contributed by atoms with van der Waals surface area (Å²) in [6.45, 7) is 0.415. The van der Waals surface area contributed by atoms with Gasteiger partial charge in [-0.2, -0.15) is 0 Å². The van der Waals surface area contributed by atoms with Crippen LogP contribution in [0.4, 0.5) is 5.69 Å². The number of nitrogens with zero attached hydrogens (tertiary/aromatic N) is 2. The van der Waals surface area contributed by atoms with E-state index in [1.165, 1.54) is 11.2 Å². The van der Waals surface area contributed by atoms with Gasteiger partial charge in [-0.15, -0.1) is 0 Å². The van der Waals surface area contributed by atoms with Crippen LogP contribution in [-0.4, -0.2) is 45.5 Å². The molecule has 2 amide bonds. The maximum atomic E-state index is 12.9. The molecule has 1 atom stereocenters. The SMILES string of the molecule is O=C(Nc1cccc(C(=O)N2CCCCC2C(=O)O)c1)c1conc1C1CC1. The number of benzene rings is 1. The Morgan fingerprint density at radius 1 is 1.18 bits per heavy atom. The highest BCUT2D eigenvalue weighted by molar-refractivity contribution is 6.06. The first-order valence-electron chi connectivity index (χ1n) is 9.44. The lowest BCUT2D eigenvalue weighted by Crippen LogP contribution is -2.48. The van der Waals surface area contributed by atoms with Crippen molar-refractivity contribution in [2.24, 2.45) is 0 Å². The fraction of sp³-hybridized carbons (Fsp3) is 0.400. The predicted molar refractivity (Wildman–Crippen MR) is 99.2 cm³/mol. The molecular weight excluding hydrogens is 362 g/mol. The Labute approximate surface area is 161 Å². The second-order valence-electron chi connectivity index (χ2n) is 7.27. The van der Waals surface area contributed by atoms with E-state index in [1.807, 2.05) is 0 Å². The summed E-state index contributed by atoms with van der Waals surface area (Å²) < 4.78 is 4.95. The van der Waals surface area contributed by atoms with Crippen LogP contribution in [0.15, 0.2) is 35.1 Å². The van der Waals surface area contributed by atoms with Gasteiger partial charge in [0.1, 0.15) is 17.9 Å². The largest absolute Gasteiger partial charge is 0.480 e. The summed E-state index contributed by atoms with van der Waals surface area (Å²) in [5.74, 6) is -1.39. The first-order chi connectivity index (χ1) is 13.5. The average molecular weight is 383 g/mol. The third kappa shape index (κ3) is 3.62. The van der Waals surface area contributed by atoms with Gasteiger partial charge in [0.15, 0.2) is 0 Å². The Morgan fingerprint density at radius 3 is 2.75 bits per heavy atom. The quantitative estimate of drug-likeness (QED) is 0.821. The minimum absolute atomic E-state index is 0.277. The summed E-state index contributed by atoms with van der Waals surface area (Å²) in [4.78, 5) is 38.3. The van der Waals surface area contributed by atoms with Gasteiger partial charge in [0.2, 0.25) is 0 Å². The minimum atomic E-state index is -0.988. The molecule has 1 saturated heterocycles. The topological polar surface area (TPSA) is 113 Å². The van der Waals surface area contributed by atoms with E-state index in [0.29, 0.717) is 35.5 Å². The van der Waals surface area contributed by atoms with Crippen molar-refractivity contribution < 1.29 is 24.0 Å².